The molecular formula is C23H25BrN2O3. The first-order valence-electron chi connectivity index (χ1n) is 9.47. The molecule has 1 fully saturated rings. The van der Waals surface area contributed by atoms with Crippen molar-refractivity contribution < 1.29 is 14.7 Å². The summed E-state index contributed by atoms with van der Waals surface area (Å²) in [5.74, 6) is -1.35. The van der Waals surface area contributed by atoms with Gasteiger partial charge in [-0.1, -0.05) is 45.8 Å². The molecule has 1 N–H and O–H groups in total. The fourth-order valence-electron chi connectivity index (χ4n) is 3.58. The minimum Gasteiger partial charge on any atom is -0.507 e. The van der Waals surface area contributed by atoms with Crippen LogP contribution in [0.15, 0.2) is 52.5 Å². The molecule has 0 saturated carbocycles. The number of aliphatic hydroxyl groups is 1. The lowest BCUT2D eigenvalue weighted by molar-refractivity contribution is -0.140. The van der Waals surface area contributed by atoms with Crippen molar-refractivity contribution in [1.82, 2.24) is 9.80 Å². The summed E-state index contributed by atoms with van der Waals surface area (Å²) in [5.41, 5.74) is 3.32. The molecule has 0 radical (unpaired) electrons. The van der Waals surface area contributed by atoms with Gasteiger partial charge in [-0.3, -0.25) is 9.59 Å². The highest BCUT2D eigenvalue weighted by Gasteiger charge is 2.46. The van der Waals surface area contributed by atoms with Crippen molar-refractivity contribution in [2.24, 2.45) is 0 Å². The predicted molar refractivity (Wildman–Crippen MR) is 118 cm³/mol. The van der Waals surface area contributed by atoms with E-state index in [0.29, 0.717) is 18.7 Å². The number of benzene rings is 2. The second-order valence-corrected chi connectivity index (χ2v) is 8.58. The average molecular weight is 457 g/mol. The van der Waals surface area contributed by atoms with Crippen LogP contribution >= 0.6 is 15.9 Å². The number of likely N-dealkylation sites (N-methyl/N-ethyl adjacent to an activating group) is 1. The Bertz CT molecular complexity index is 997. The molecule has 6 heteroatoms. The summed E-state index contributed by atoms with van der Waals surface area (Å²) in [5, 5.41) is 11.2. The van der Waals surface area contributed by atoms with E-state index in [0.717, 1.165) is 21.2 Å². The van der Waals surface area contributed by atoms with Gasteiger partial charge in [-0.25, -0.2) is 0 Å². The zero-order valence-corrected chi connectivity index (χ0v) is 18.7. The highest BCUT2D eigenvalue weighted by atomic mass is 79.9. The van der Waals surface area contributed by atoms with Crippen LogP contribution in [0.1, 0.15) is 28.3 Å². The number of halogens is 1. The number of nitrogens with zero attached hydrogens (tertiary/aromatic N) is 2. The van der Waals surface area contributed by atoms with Crippen LogP contribution in [0.5, 0.6) is 0 Å². The van der Waals surface area contributed by atoms with Crippen molar-refractivity contribution in [3.05, 3.63) is 74.8 Å². The number of likely N-dealkylation sites (tertiary alicyclic amines) is 1. The molecule has 0 bridgehead atoms. The predicted octanol–water partition coefficient (Wildman–Crippen LogP) is 4.05. The van der Waals surface area contributed by atoms with E-state index in [-0.39, 0.29) is 11.3 Å². The Morgan fingerprint density at radius 2 is 1.86 bits per heavy atom. The van der Waals surface area contributed by atoms with Crippen LogP contribution in [0.3, 0.4) is 0 Å². The molecular weight excluding hydrogens is 432 g/mol. The van der Waals surface area contributed by atoms with Crippen molar-refractivity contribution in [3.8, 4) is 0 Å². The first-order valence-corrected chi connectivity index (χ1v) is 10.3. The molecule has 0 aliphatic carbocycles. The van der Waals surface area contributed by atoms with Gasteiger partial charge < -0.3 is 14.9 Å². The van der Waals surface area contributed by atoms with E-state index in [9.17, 15) is 14.7 Å². The van der Waals surface area contributed by atoms with Crippen LogP contribution < -0.4 is 0 Å². The lowest BCUT2D eigenvalue weighted by Gasteiger charge is -2.26. The molecule has 5 nitrogen and oxygen atoms in total. The molecule has 1 heterocycles. The largest absolute Gasteiger partial charge is 0.507 e. The summed E-state index contributed by atoms with van der Waals surface area (Å²) < 4.78 is 0.847. The number of rotatable bonds is 5. The van der Waals surface area contributed by atoms with Crippen molar-refractivity contribution in [2.45, 2.75) is 19.9 Å². The Morgan fingerprint density at radius 1 is 1.14 bits per heavy atom. The first-order chi connectivity index (χ1) is 13.7. The standard InChI is InChI=1S/C23H25BrN2O3/c1-14-8-9-15(2)18(12-14)21(27)19-20(16-6-5-7-17(24)13-16)26(11-10-25(3)4)23(29)22(19)28/h5-9,12-13,20,27H,10-11H2,1-4H3/b21-19+. The van der Waals surface area contributed by atoms with Crippen LogP contribution in [-0.4, -0.2) is 53.8 Å². The molecule has 2 aromatic rings. The number of ketones is 1. The summed E-state index contributed by atoms with van der Waals surface area (Å²) in [6.45, 7) is 4.81. The minimum atomic E-state index is -0.646. The van der Waals surface area contributed by atoms with Crippen molar-refractivity contribution >= 4 is 33.4 Å². The van der Waals surface area contributed by atoms with Crippen LogP contribution in [0, 0.1) is 13.8 Å². The fourth-order valence-corrected chi connectivity index (χ4v) is 3.99. The van der Waals surface area contributed by atoms with Gasteiger partial charge in [-0.2, -0.15) is 0 Å². The molecule has 1 aliphatic heterocycles. The SMILES string of the molecule is Cc1ccc(C)c(/C(O)=C2\C(=O)C(=O)N(CCN(C)C)C2c2cccc(Br)c2)c1. The van der Waals surface area contributed by atoms with E-state index < -0.39 is 17.7 Å². The Labute approximate surface area is 179 Å². The number of hydrogen-bond acceptors (Lipinski definition) is 4. The molecule has 0 spiro atoms. The highest BCUT2D eigenvalue weighted by Crippen LogP contribution is 2.40. The van der Waals surface area contributed by atoms with E-state index in [2.05, 4.69) is 15.9 Å². The topological polar surface area (TPSA) is 60.9 Å². The monoisotopic (exact) mass is 456 g/mol. The van der Waals surface area contributed by atoms with Gasteiger partial charge >= 0.3 is 0 Å². The Hall–Kier alpha value is -2.44. The number of hydrogen-bond donors (Lipinski definition) is 1. The first kappa shape index (κ1) is 21.3. The minimum absolute atomic E-state index is 0.123. The van der Waals surface area contributed by atoms with Gasteiger partial charge in [0.1, 0.15) is 5.76 Å². The lowest BCUT2D eigenvalue weighted by atomic mass is 9.93. The summed E-state index contributed by atoms with van der Waals surface area (Å²) in [4.78, 5) is 29.4. The number of amides is 1. The molecule has 1 aliphatic rings. The number of Topliss-reactive ketones (excluding diaryl/α,β-unsaturated/α-hetero) is 1. The van der Waals surface area contributed by atoms with Gasteiger partial charge in [0, 0.05) is 23.1 Å². The Morgan fingerprint density at radius 3 is 2.52 bits per heavy atom. The van der Waals surface area contributed by atoms with Gasteiger partial charge in [0.05, 0.1) is 11.6 Å². The Kier molecular flexibility index (Phi) is 6.24. The summed E-state index contributed by atoms with van der Waals surface area (Å²) in [6.07, 6.45) is 0. The summed E-state index contributed by atoms with van der Waals surface area (Å²) in [7, 11) is 3.83. The van der Waals surface area contributed by atoms with Crippen molar-refractivity contribution in [2.75, 3.05) is 27.2 Å². The fraction of sp³-hybridized carbons (Fsp3) is 0.304. The maximum Gasteiger partial charge on any atom is 0.295 e. The van der Waals surface area contributed by atoms with E-state index in [1.165, 1.54) is 0 Å². The maximum atomic E-state index is 13.0. The van der Waals surface area contributed by atoms with E-state index in [1.807, 2.05) is 75.3 Å². The molecule has 3 rings (SSSR count). The van der Waals surface area contributed by atoms with E-state index in [4.69, 9.17) is 0 Å². The van der Waals surface area contributed by atoms with Gasteiger partial charge in [-0.05, 0) is 57.3 Å². The van der Waals surface area contributed by atoms with Gasteiger partial charge in [0.15, 0.2) is 0 Å². The highest BCUT2D eigenvalue weighted by molar-refractivity contribution is 9.10. The smallest absolute Gasteiger partial charge is 0.295 e. The quantitative estimate of drug-likeness (QED) is 0.418. The number of aryl methyl sites for hydroxylation is 2. The van der Waals surface area contributed by atoms with Crippen LogP contribution in [0.4, 0.5) is 0 Å². The molecule has 1 saturated heterocycles. The van der Waals surface area contributed by atoms with E-state index >= 15 is 0 Å². The average Bonchev–Trinajstić information content (AvgIpc) is 2.92. The van der Waals surface area contributed by atoms with Gasteiger partial charge in [0.25, 0.3) is 11.7 Å². The van der Waals surface area contributed by atoms with Crippen LogP contribution in [0.25, 0.3) is 5.76 Å². The Balaban J connectivity index is 2.20. The second kappa shape index (κ2) is 8.51. The number of aliphatic hydroxyl groups excluding tert-OH is 1. The molecule has 2 aromatic carbocycles. The number of carbonyl (C=O) groups excluding carboxylic acids is 2. The molecule has 1 amide bonds. The zero-order valence-electron chi connectivity index (χ0n) is 17.1. The molecule has 0 aromatic heterocycles. The molecule has 152 valence electrons. The van der Waals surface area contributed by atoms with Gasteiger partial charge in [0.2, 0.25) is 0 Å². The third kappa shape index (κ3) is 4.28. The normalized spacial score (nSPS) is 18.7. The van der Waals surface area contributed by atoms with Crippen molar-refractivity contribution in [3.63, 3.8) is 0 Å². The van der Waals surface area contributed by atoms with Crippen LogP contribution in [-0.2, 0) is 9.59 Å². The number of carbonyl (C=O) groups is 2. The molecule has 1 unspecified atom stereocenters. The summed E-state index contributed by atoms with van der Waals surface area (Å²) in [6, 6.07) is 12.6. The third-order valence-electron chi connectivity index (χ3n) is 5.14. The van der Waals surface area contributed by atoms with Crippen LogP contribution in [0.2, 0.25) is 0 Å². The zero-order chi connectivity index (χ0) is 21.3. The molecule has 29 heavy (non-hydrogen) atoms. The second-order valence-electron chi connectivity index (χ2n) is 7.67. The summed E-state index contributed by atoms with van der Waals surface area (Å²) >= 11 is 3.47. The third-order valence-corrected chi connectivity index (χ3v) is 5.63. The maximum absolute atomic E-state index is 13.0. The van der Waals surface area contributed by atoms with Crippen molar-refractivity contribution in [1.29, 1.82) is 0 Å². The molecule has 1 atom stereocenters. The van der Waals surface area contributed by atoms with Gasteiger partial charge in [-0.15, -0.1) is 0 Å². The lowest BCUT2D eigenvalue weighted by Crippen LogP contribution is -2.35. The van der Waals surface area contributed by atoms with E-state index in [1.54, 1.807) is 4.90 Å².